The molecular formula is C26H30F3N5O3. The van der Waals surface area contributed by atoms with Gasteiger partial charge in [-0.25, -0.2) is 0 Å². The van der Waals surface area contributed by atoms with E-state index in [1.165, 1.54) is 11.0 Å². The summed E-state index contributed by atoms with van der Waals surface area (Å²) in [5, 5.41) is 5.49. The van der Waals surface area contributed by atoms with Crippen molar-refractivity contribution in [1.29, 1.82) is 0 Å². The maximum Gasteiger partial charge on any atom is 0.416 e. The smallest absolute Gasteiger partial charge is 0.369 e. The van der Waals surface area contributed by atoms with E-state index in [0.29, 0.717) is 50.6 Å². The van der Waals surface area contributed by atoms with E-state index < -0.39 is 17.8 Å². The van der Waals surface area contributed by atoms with Crippen LogP contribution in [0, 0.1) is 6.92 Å². The second kappa shape index (κ2) is 11.2. The minimum absolute atomic E-state index is 0.0692. The van der Waals surface area contributed by atoms with Crippen molar-refractivity contribution in [3.05, 3.63) is 59.7 Å². The van der Waals surface area contributed by atoms with Gasteiger partial charge in [-0.2, -0.15) is 13.2 Å². The van der Waals surface area contributed by atoms with Gasteiger partial charge in [-0.3, -0.25) is 19.3 Å². The minimum atomic E-state index is -4.40. The molecule has 4 rings (SSSR count). The monoisotopic (exact) mass is 517 g/mol. The molecule has 0 bridgehead atoms. The number of amides is 3. The van der Waals surface area contributed by atoms with Crippen molar-refractivity contribution >= 4 is 29.1 Å². The topological polar surface area (TPSA) is 85.0 Å². The van der Waals surface area contributed by atoms with Crippen LogP contribution < -0.4 is 15.5 Å². The van der Waals surface area contributed by atoms with Gasteiger partial charge >= 0.3 is 6.18 Å². The van der Waals surface area contributed by atoms with Crippen molar-refractivity contribution in [2.24, 2.45) is 0 Å². The van der Waals surface area contributed by atoms with Crippen molar-refractivity contribution in [3.63, 3.8) is 0 Å². The second-order valence-corrected chi connectivity index (χ2v) is 9.32. The summed E-state index contributed by atoms with van der Waals surface area (Å²) in [6.45, 7) is 4.53. The van der Waals surface area contributed by atoms with Crippen LogP contribution in [0.5, 0.6) is 0 Å². The molecule has 0 radical (unpaired) electrons. The van der Waals surface area contributed by atoms with E-state index >= 15 is 0 Å². The molecule has 2 heterocycles. The number of aryl methyl sites for hydroxylation is 1. The van der Waals surface area contributed by atoms with Gasteiger partial charge in [0, 0.05) is 50.6 Å². The first-order valence-electron chi connectivity index (χ1n) is 12.2. The third kappa shape index (κ3) is 6.79. The summed E-state index contributed by atoms with van der Waals surface area (Å²) in [5.41, 5.74) is 1.47. The highest BCUT2D eigenvalue weighted by Crippen LogP contribution is 2.32. The fourth-order valence-corrected chi connectivity index (χ4v) is 4.57. The first-order chi connectivity index (χ1) is 17.6. The quantitative estimate of drug-likeness (QED) is 0.615. The lowest BCUT2D eigenvalue weighted by Gasteiger charge is -2.39. The van der Waals surface area contributed by atoms with Gasteiger partial charge in [0.1, 0.15) is 6.04 Å². The Balaban J connectivity index is 1.32. The maximum atomic E-state index is 13.1. The van der Waals surface area contributed by atoms with Gasteiger partial charge < -0.3 is 20.4 Å². The third-order valence-corrected chi connectivity index (χ3v) is 6.64. The standard InChI is InChI=1S/C26H30F3N5O3/c1-18-5-7-20(8-6-18)31-23(35)16-22-25(37)30-9-10-34(22)24(36)17-32-11-13-33(14-12-32)21-4-2-3-19(15-21)26(27,28)29/h2-8,15,22H,9-14,16-17H2,1H3,(H,30,37)(H,31,35). The van der Waals surface area contributed by atoms with Crippen LogP contribution in [-0.2, 0) is 20.6 Å². The molecule has 11 heteroatoms. The second-order valence-electron chi connectivity index (χ2n) is 9.32. The van der Waals surface area contributed by atoms with Crippen LogP contribution in [0.25, 0.3) is 0 Å². The van der Waals surface area contributed by atoms with Crippen LogP contribution >= 0.6 is 0 Å². The van der Waals surface area contributed by atoms with Gasteiger partial charge in [-0.05, 0) is 37.3 Å². The first kappa shape index (κ1) is 26.5. The molecule has 2 fully saturated rings. The first-order valence-corrected chi connectivity index (χ1v) is 12.2. The third-order valence-electron chi connectivity index (χ3n) is 6.64. The number of hydrogen-bond donors (Lipinski definition) is 2. The number of nitrogens with zero attached hydrogens (tertiary/aromatic N) is 3. The molecule has 0 saturated carbocycles. The summed E-state index contributed by atoms with van der Waals surface area (Å²) >= 11 is 0. The Morgan fingerprint density at radius 2 is 1.73 bits per heavy atom. The summed E-state index contributed by atoms with van der Waals surface area (Å²) in [6.07, 6.45) is -4.56. The number of halogens is 3. The fourth-order valence-electron chi connectivity index (χ4n) is 4.57. The fraction of sp³-hybridized carbons (Fsp3) is 0.423. The molecule has 0 aliphatic carbocycles. The summed E-state index contributed by atoms with van der Waals surface area (Å²) < 4.78 is 39.2. The van der Waals surface area contributed by atoms with E-state index in [2.05, 4.69) is 10.6 Å². The highest BCUT2D eigenvalue weighted by Gasteiger charge is 2.36. The molecular weight excluding hydrogens is 487 g/mol. The molecule has 3 amide bonds. The van der Waals surface area contributed by atoms with Gasteiger partial charge in [0.15, 0.2) is 0 Å². The largest absolute Gasteiger partial charge is 0.416 e. The van der Waals surface area contributed by atoms with Gasteiger partial charge in [0.05, 0.1) is 18.5 Å². The number of carbonyl (C=O) groups excluding carboxylic acids is 3. The normalized spacial score (nSPS) is 18.9. The molecule has 2 aliphatic heterocycles. The van der Waals surface area contributed by atoms with E-state index in [4.69, 9.17) is 0 Å². The minimum Gasteiger partial charge on any atom is -0.369 e. The van der Waals surface area contributed by atoms with E-state index in [1.54, 1.807) is 18.2 Å². The van der Waals surface area contributed by atoms with Crippen molar-refractivity contribution in [2.75, 3.05) is 56.0 Å². The lowest BCUT2D eigenvalue weighted by molar-refractivity contribution is -0.145. The zero-order valence-corrected chi connectivity index (χ0v) is 20.6. The predicted molar refractivity (Wildman–Crippen MR) is 133 cm³/mol. The molecule has 0 aromatic heterocycles. The van der Waals surface area contributed by atoms with Crippen LogP contribution in [-0.4, -0.2) is 79.4 Å². The lowest BCUT2D eigenvalue weighted by Crippen LogP contribution is -2.60. The average molecular weight is 518 g/mol. The lowest BCUT2D eigenvalue weighted by atomic mass is 10.1. The van der Waals surface area contributed by atoms with Gasteiger partial charge in [0.25, 0.3) is 0 Å². The summed E-state index contributed by atoms with van der Waals surface area (Å²) in [4.78, 5) is 43.5. The van der Waals surface area contributed by atoms with Crippen LogP contribution in [0.3, 0.4) is 0 Å². The molecule has 37 heavy (non-hydrogen) atoms. The summed E-state index contributed by atoms with van der Waals surface area (Å²) in [5.74, 6) is -0.984. The van der Waals surface area contributed by atoms with Crippen molar-refractivity contribution < 1.29 is 27.6 Å². The number of piperazine rings is 2. The Morgan fingerprint density at radius 1 is 1.03 bits per heavy atom. The molecule has 8 nitrogen and oxygen atoms in total. The van der Waals surface area contributed by atoms with Crippen LogP contribution in [0.4, 0.5) is 24.5 Å². The molecule has 2 N–H and O–H groups in total. The van der Waals surface area contributed by atoms with E-state index in [9.17, 15) is 27.6 Å². The Kier molecular flexibility index (Phi) is 8.01. The Morgan fingerprint density at radius 3 is 2.41 bits per heavy atom. The van der Waals surface area contributed by atoms with E-state index in [-0.39, 0.29) is 30.7 Å². The zero-order valence-electron chi connectivity index (χ0n) is 20.6. The molecule has 2 saturated heterocycles. The van der Waals surface area contributed by atoms with E-state index in [0.717, 1.165) is 17.7 Å². The van der Waals surface area contributed by atoms with Crippen LogP contribution in [0.1, 0.15) is 17.5 Å². The molecule has 1 atom stereocenters. The Bertz CT molecular complexity index is 1130. The molecule has 2 aromatic carbocycles. The van der Waals surface area contributed by atoms with Crippen LogP contribution in [0.15, 0.2) is 48.5 Å². The number of carbonyl (C=O) groups is 3. The molecule has 0 spiro atoms. The predicted octanol–water partition coefficient (Wildman–Crippen LogP) is 2.49. The number of benzene rings is 2. The average Bonchev–Trinajstić information content (AvgIpc) is 2.86. The Hall–Kier alpha value is -3.60. The molecule has 2 aliphatic rings. The van der Waals surface area contributed by atoms with E-state index in [1.807, 2.05) is 28.9 Å². The van der Waals surface area contributed by atoms with Crippen LogP contribution in [0.2, 0.25) is 0 Å². The number of rotatable bonds is 6. The van der Waals surface area contributed by atoms with Crippen molar-refractivity contribution in [1.82, 2.24) is 15.1 Å². The maximum absolute atomic E-state index is 13.1. The number of nitrogens with one attached hydrogen (secondary N) is 2. The highest BCUT2D eigenvalue weighted by molar-refractivity contribution is 5.97. The molecule has 2 aromatic rings. The highest BCUT2D eigenvalue weighted by atomic mass is 19.4. The van der Waals surface area contributed by atoms with Gasteiger partial charge in [-0.15, -0.1) is 0 Å². The summed E-state index contributed by atoms with van der Waals surface area (Å²) in [7, 11) is 0. The SMILES string of the molecule is Cc1ccc(NC(=O)CC2C(=O)NCCN2C(=O)CN2CCN(c3cccc(C(F)(F)F)c3)CC2)cc1. The van der Waals surface area contributed by atoms with Gasteiger partial charge in [0.2, 0.25) is 17.7 Å². The number of hydrogen-bond acceptors (Lipinski definition) is 5. The molecule has 1 unspecified atom stereocenters. The number of alkyl halides is 3. The van der Waals surface area contributed by atoms with Gasteiger partial charge in [-0.1, -0.05) is 23.8 Å². The Labute approximate surface area is 213 Å². The number of anilines is 2. The summed E-state index contributed by atoms with van der Waals surface area (Å²) in [6, 6.07) is 11.6. The molecule has 198 valence electrons. The van der Waals surface area contributed by atoms with Crippen molar-refractivity contribution in [3.8, 4) is 0 Å². The van der Waals surface area contributed by atoms with Crippen molar-refractivity contribution in [2.45, 2.75) is 25.6 Å². The zero-order chi connectivity index (χ0) is 26.6.